The second-order valence-electron chi connectivity index (χ2n) is 6.00. The fourth-order valence-corrected chi connectivity index (χ4v) is 2.66. The van der Waals surface area contributed by atoms with Gasteiger partial charge in [0.1, 0.15) is 12.2 Å². The number of anilines is 1. The number of carbonyl (C=O) groups is 2. The van der Waals surface area contributed by atoms with Crippen LogP contribution < -0.4 is 5.32 Å². The molecule has 148 valence electrons. The second-order valence-corrected chi connectivity index (χ2v) is 6.00. The molecule has 8 nitrogen and oxygen atoms in total. The van der Waals surface area contributed by atoms with E-state index in [4.69, 9.17) is 4.74 Å². The van der Waals surface area contributed by atoms with Gasteiger partial charge < -0.3 is 15.0 Å². The molecule has 0 aromatic heterocycles. The molecule has 0 saturated carbocycles. The molecule has 0 radical (unpaired) electrons. The number of rotatable bonds is 6. The van der Waals surface area contributed by atoms with Crippen LogP contribution in [0.2, 0.25) is 0 Å². The average molecular weight is 389 g/mol. The van der Waals surface area contributed by atoms with Crippen molar-refractivity contribution in [2.45, 2.75) is 32.0 Å². The summed E-state index contributed by atoms with van der Waals surface area (Å²) in [4.78, 5) is 35.5. The Kier molecular flexibility index (Phi) is 6.24. The van der Waals surface area contributed by atoms with E-state index in [0.29, 0.717) is 25.2 Å². The number of nitro groups is 1. The van der Waals surface area contributed by atoms with Gasteiger partial charge in [-0.3, -0.25) is 19.7 Å². The minimum absolute atomic E-state index is 0.261. The lowest BCUT2D eigenvalue weighted by Crippen LogP contribution is -2.38. The van der Waals surface area contributed by atoms with Gasteiger partial charge in [-0.1, -0.05) is 0 Å². The molecule has 1 fully saturated rings. The number of esters is 1. The van der Waals surface area contributed by atoms with E-state index in [0.717, 1.165) is 18.9 Å². The van der Waals surface area contributed by atoms with E-state index in [-0.39, 0.29) is 11.6 Å². The van der Waals surface area contributed by atoms with Crippen molar-refractivity contribution in [1.29, 1.82) is 0 Å². The van der Waals surface area contributed by atoms with E-state index in [1.54, 1.807) is 4.90 Å². The SMILES string of the molecule is C[C@H](OC(=O)CNc1ccc(C(F)(F)F)cc1[N+](=O)[O-])C(=O)N1CCCC1. The zero-order valence-corrected chi connectivity index (χ0v) is 14.4. The van der Waals surface area contributed by atoms with Gasteiger partial charge in [-0.05, 0) is 31.9 Å². The molecule has 11 heteroatoms. The molecule has 1 saturated heterocycles. The van der Waals surface area contributed by atoms with Crippen molar-refractivity contribution in [3.63, 3.8) is 0 Å². The van der Waals surface area contributed by atoms with E-state index in [1.807, 2.05) is 0 Å². The summed E-state index contributed by atoms with van der Waals surface area (Å²) in [5.41, 5.74) is -2.26. The van der Waals surface area contributed by atoms with Crippen LogP contribution >= 0.6 is 0 Å². The molecule has 0 aliphatic carbocycles. The van der Waals surface area contributed by atoms with E-state index in [1.165, 1.54) is 6.92 Å². The molecule has 1 N–H and O–H groups in total. The van der Waals surface area contributed by atoms with Gasteiger partial charge in [0, 0.05) is 19.2 Å². The number of carbonyl (C=O) groups excluding carboxylic acids is 2. The highest BCUT2D eigenvalue weighted by Gasteiger charge is 2.33. The van der Waals surface area contributed by atoms with Gasteiger partial charge in [0.2, 0.25) is 0 Å². The Hall–Kier alpha value is -2.85. The number of hydrogen-bond acceptors (Lipinski definition) is 6. The fourth-order valence-electron chi connectivity index (χ4n) is 2.66. The number of alkyl halides is 3. The molecular formula is C16H18F3N3O5. The number of nitro benzene ring substituents is 1. The maximum Gasteiger partial charge on any atom is 0.416 e. The number of likely N-dealkylation sites (tertiary alicyclic amines) is 1. The average Bonchev–Trinajstić information content (AvgIpc) is 3.12. The predicted molar refractivity (Wildman–Crippen MR) is 88.0 cm³/mol. The Balaban J connectivity index is 1.97. The topological polar surface area (TPSA) is 102 Å². The van der Waals surface area contributed by atoms with Crippen LogP contribution in [0.5, 0.6) is 0 Å². The van der Waals surface area contributed by atoms with E-state index < -0.39 is 41.0 Å². The van der Waals surface area contributed by atoms with Crippen molar-refractivity contribution in [2.24, 2.45) is 0 Å². The Labute approximate surface area is 152 Å². The highest BCUT2D eigenvalue weighted by molar-refractivity contribution is 5.85. The molecule has 1 aromatic rings. The van der Waals surface area contributed by atoms with Crippen LogP contribution in [-0.4, -0.2) is 47.4 Å². The summed E-state index contributed by atoms with van der Waals surface area (Å²) in [7, 11) is 0. The molecule has 1 aromatic carbocycles. The first kappa shape index (κ1) is 20.5. The van der Waals surface area contributed by atoms with Crippen molar-refractivity contribution in [3.8, 4) is 0 Å². The second kappa shape index (κ2) is 8.23. The highest BCUT2D eigenvalue weighted by atomic mass is 19.4. The first-order chi connectivity index (χ1) is 12.6. The Morgan fingerprint density at radius 1 is 1.33 bits per heavy atom. The lowest BCUT2D eigenvalue weighted by molar-refractivity contribution is -0.384. The molecule has 0 spiro atoms. The van der Waals surface area contributed by atoms with Gasteiger partial charge >= 0.3 is 12.1 Å². The van der Waals surface area contributed by atoms with Gasteiger partial charge in [0.15, 0.2) is 6.10 Å². The number of nitrogens with one attached hydrogen (secondary N) is 1. The largest absolute Gasteiger partial charge is 0.451 e. The minimum atomic E-state index is -4.73. The van der Waals surface area contributed by atoms with Crippen molar-refractivity contribution in [3.05, 3.63) is 33.9 Å². The monoisotopic (exact) mass is 389 g/mol. The molecule has 1 atom stereocenters. The summed E-state index contributed by atoms with van der Waals surface area (Å²) in [6.07, 6.45) is -3.98. The maximum absolute atomic E-state index is 12.7. The van der Waals surface area contributed by atoms with Crippen molar-refractivity contribution < 1.29 is 32.4 Å². The van der Waals surface area contributed by atoms with Crippen LogP contribution in [0.15, 0.2) is 18.2 Å². The molecule has 0 unspecified atom stereocenters. The number of halogens is 3. The molecule has 2 rings (SSSR count). The van der Waals surface area contributed by atoms with Crippen LogP contribution in [-0.2, 0) is 20.5 Å². The quantitative estimate of drug-likeness (QED) is 0.456. The van der Waals surface area contributed by atoms with Gasteiger partial charge in [0.05, 0.1) is 10.5 Å². The standard InChI is InChI=1S/C16H18F3N3O5/c1-10(15(24)21-6-2-3-7-21)27-14(23)9-20-12-5-4-11(16(17,18)19)8-13(12)22(25)26/h4-5,8,10,20H,2-3,6-7,9H2,1H3/t10-/m0/s1. The lowest BCUT2D eigenvalue weighted by atomic mass is 10.1. The highest BCUT2D eigenvalue weighted by Crippen LogP contribution is 2.34. The molecule has 27 heavy (non-hydrogen) atoms. The summed E-state index contributed by atoms with van der Waals surface area (Å²) in [6.45, 7) is 2.07. The number of ether oxygens (including phenoxy) is 1. The molecule has 1 amide bonds. The Morgan fingerprint density at radius 2 is 1.96 bits per heavy atom. The van der Waals surface area contributed by atoms with Crippen LogP contribution in [0.25, 0.3) is 0 Å². The summed E-state index contributed by atoms with van der Waals surface area (Å²) >= 11 is 0. The molecule has 1 aliphatic rings. The van der Waals surface area contributed by atoms with Gasteiger partial charge in [0.25, 0.3) is 11.6 Å². The molecular weight excluding hydrogens is 371 g/mol. The van der Waals surface area contributed by atoms with Crippen molar-refractivity contribution >= 4 is 23.3 Å². The summed E-state index contributed by atoms with van der Waals surface area (Å²) in [5, 5.41) is 13.4. The van der Waals surface area contributed by atoms with Gasteiger partial charge in [-0.15, -0.1) is 0 Å². The zero-order valence-electron chi connectivity index (χ0n) is 14.4. The lowest BCUT2D eigenvalue weighted by Gasteiger charge is -2.20. The number of nitrogens with zero attached hydrogens (tertiary/aromatic N) is 2. The third kappa shape index (κ3) is 5.31. The normalized spacial score (nSPS) is 15.3. The summed E-state index contributed by atoms with van der Waals surface area (Å²) in [6, 6.07) is 1.92. The van der Waals surface area contributed by atoms with Gasteiger partial charge in [-0.2, -0.15) is 13.2 Å². The number of benzene rings is 1. The summed E-state index contributed by atoms with van der Waals surface area (Å²) in [5.74, 6) is -1.19. The van der Waals surface area contributed by atoms with Gasteiger partial charge in [-0.25, -0.2) is 0 Å². The predicted octanol–water partition coefficient (Wildman–Crippen LogP) is 2.58. The van der Waals surface area contributed by atoms with E-state index in [9.17, 15) is 32.9 Å². The fraction of sp³-hybridized carbons (Fsp3) is 0.500. The summed E-state index contributed by atoms with van der Waals surface area (Å²) < 4.78 is 43.0. The molecule has 0 bridgehead atoms. The van der Waals surface area contributed by atoms with Crippen molar-refractivity contribution in [2.75, 3.05) is 25.0 Å². The third-order valence-corrected chi connectivity index (χ3v) is 4.02. The maximum atomic E-state index is 12.7. The smallest absolute Gasteiger partial charge is 0.416 e. The first-order valence-electron chi connectivity index (χ1n) is 8.17. The molecule has 1 aliphatic heterocycles. The van der Waals surface area contributed by atoms with Crippen LogP contribution in [0.3, 0.4) is 0 Å². The zero-order chi connectivity index (χ0) is 20.2. The third-order valence-electron chi connectivity index (χ3n) is 4.02. The van der Waals surface area contributed by atoms with E-state index in [2.05, 4.69) is 5.32 Å². The first-order valence-corrected chi connectivity index (χ1v) is 8.17. The number of hydrogen-bond donors (Lipinski definition) is 1. The minimum Gasteiger partial charge on any atom is -0.451 e. The Bertz CT molecular complexity index is 733. The van der Waals surface area contributed by atoms with Crippen LogP contribution in [0, 0.1) is 10.1 Å². The Morgan fingerprint density at radius 3 is 2.52 bits per heavy atom. The molecule has 1 heterocycles. The van der Waals surface area contributed by atoms with Crippen LogP contribution in [0.4, 0.5) is 24.5 Å². The van der Waals surface area contributed by atoms with E-state index >= 15 is 0 Å². The van der Waals surface area contributed by atoms with Crippen molar-refractivity contribution in [1.82, 2.24) is 4.90 Å². The number of amides is 1. The van der Waals surface area contributed by atoms with Crippen LogP contribution in [0.1, 0.15) is 25.3 Å².